The summed E-state index contributed by atoms with van der Waals surface area (Å²) >= 11 is 0. The maximum atomic E-state index is 14.0. The maximum absolute atomic E-state index is 14.0. The molecule has 182 valence electrons. The smallest absolute Gasteiger partial charge is 0.193 e. The van der Waals surface area contributed by atoms with Gasteiger partial charge in [0.1, 0.15) is 5.82 Å². The van der Waals surface area contributed by atoms with Crippen LogP contribution in [0, 0.1) is 11.7 Å². The zero-order valence-electron chi connectivity index (χ0n) is 19.5. The summed E-state index contributed by atoms with van der Waals surface area (Å²) in [4.78, 5) is 11.4. The molecule has 9 heteroatoms. The number of anilines is 1. The standard InChI is InChI=1S/C23H38FN5O2.HI/c1-25-23(29-11-8-20(18-29)19-31-17-16-30-2)26-9-5-10-27-12-14-28(15-13-27)22-7-4-3-6-21(22)24;/h3-4,6-7,20H,5,8-19H2,1-2H3,(H,25,26);1H. The number of guanidine groups is 1. The van der Waals surface area contributed by atoms with Crippen LogP contribution in [0.15, 0.2) is 29.3 Å². The highest BCUT2D eigenvalue weighted by Gasteiger charge is 2.25. The van der Waals surface area contributed by atoms with Crippen LogP contribution in [0.3, 0.4) is 0 Å². The van der Waals surface area contributed by atoms with Crippen molar-refractivity contribution < 1.29 is 13.9 Å². The lowest BCUT2D eigenvalue weighted by Gasteiger charge is -2.36. The number of halogens is 2. The summed E-state index contributed by atoms with van der Waals surface area (Å²) in [5.74, 6) is 1.42. The van der Waals surface area contributed by atoms with Crippen LogP contribution < -0.4 is 10.2 Å². The van der Waals surface area contributed by atoms with Crippen LogP contribution >= 0.6 is 24.0 Å². The van der Waals surface area contributed by atoms with Gasteiger partial charge in [-0.3, -0.25) is 9.89 Å². The van der Waals surface area contributed by atoms with Crippen LogP contribution in [0.5, 0.6) is 0 Å². The maximum Gasteiger partial charge on any atom is 0.193 e. The van der Waals surface area contributed by atoms with Crippen LogP contribution in [0.2, 0.25) is 0 Å². The molecule has 2 fully saturated rings. The summed E-state index contributed by atoms with van der Waals surface area (Å²) < 4.78 is 24.7. The normalized spacial score (nSPS) is 19.8. The van der Waals surface area contributed by atoms with Gasteiger partial charge in [0.2, 0.25) is 0 Å². The quantitative estimate of drug-likeness (QED) is 0.205. The van der Waals surface area contributed by atoms with Gasteiger partial charge in [0, 0.05) is 65.9 Å². The number of para-hydroxylation sites is 1. The van der Waals surface area contributed by atoms with Gasteiger partial charge in [0.15, 0.2) is 5.96 Å². The van der Waals surface area contributed by atoms with Gasteiger partial charge in [0.25, 0.3) is 0 Å². The second-order valence-electron chi connectivity index (χ2n) is 8.28. The molecule has 3 rings (SSSR count). The van der Waals surface area contributed by atoms with E-state index in [0.717, 1.165) is 83.5 Å². The monoisotopic (exact) mass is 563 g/mol. The topological polar surface area (TPSA) is 52.6 Å². The third kappa shape index (κ3) is 8.31. The molecule has 0 radical (unpaired) electrons. The van der Waals surface area contributed by atoms with Crippen LogP contribution in [0.1, 0.15) is 12.8 Å². The first-order valence-electron chi connectivity index (χ1n) is 11.5. The van der Waals surface area contributed by atoms with E-state index >= 15 is 0 Å². The van der Waals surface area contributed by atoms with E-state index in [1.54, 1.807) is 13.2 Å². The minimum atomic E-state index is -0.128. The van der Waals surface area contributed by atoms with E-state index in [1.807, 2.05) is 19.2 Å². The summed E-state index contributed by atoms with van der Waals surface area (Å²) in [6.45, 7) is 9.76. The zero-order chi connectivity index (χ0) is 21.9. The van der Waals surface area contributed by atoms with Crippen LogP contribution in [0.25, 0.3) is 0 Å². The third-order valence-electron chi connectivity index (χ3n) is 6.08. The molecule has 2 aliphatic heterocycles. The lowest BCUT2D eigenvalue weighted by Crippen LogP contribution is -2.47. The molecule has 2 aliphatic rings. The number of piperazine rings is 1. The predicted octanol–water partition coefficient (Wildman–Crippen LogP) is 2.52. The molecular formula is C23H39FIN5O2. The second-order valence-corrected chi connectivity index (χ2v) is 8.28. The number of ether oxygens (including phenoxy) is 2. The lowest BCUT2D eigenvalue weighted by atomic mass is 10.1. The van der Waals surface area contributed by atoms with Gasteiger partial charge in [-0.05, 0) is 31.5 Å². The molecule has 32 heavy (non-hydrogen) atoms. The van der Waals surface area contributed by atoms with Gasteiger partial charge in [0.05, 0.1) is 25.5 Å². The number of methoxy groups -OCH3 is 1. The van der Waals surface area contributed by atoms with E-state index in [9.17, 15) is 4.39 Å². The van der Waals surface area contributed by atoms with Gasteiger partial charge < -0.3 is 24.6 Å². The highest BCUT2D eigenvalue weighted by atomic mass is 127. The largest absolute Gasteiger partial charge is 0.382 e. The van der Waals surface area contributed by atoms with Crippen molar-refractivity contribution in [2.75, 3.05) is 91.2 Å². The van der Waals surface area contributed by atoms with Crippen molar-refractivity contribution >= 4 is 35.6 Å². The Balaban J connectivity index is 0.00000363. The Bertz CT molecular complexity index is 688. The first kappa shape index (κ1) is 27.1. The van der Waals surface area contributed by atoms with E-state index in [1.165, 1.54) is 6.07 Å². The molecule has 1 unspecified atom stereocenters. The van der Waals surface area contributed by atoms with E-state index in [4.69, 9.17) is 9.47 Å². The van der Waals surface area contributed by atoms with E-state index in [0.29, 0.717) is 19.1 Å². The van der Waals surface area contributed by atoms with Crippen molar-refractivity contribution in [3.05, 3.63) is 30.1 Å². The fraction of sp³-hybridized carbons (Fsp3) is 0.696. The third-order valence-corrected chi connectivity index (χ3v) is 6.08. The molecule has 1 aromatic rings. The van der Waals surface area contributed by atoms with Crippen molar-refractivity contribution in [1.29, 1.82) is 0 Å². The molecule has 0 aliphatic carbocycles. The van der Waals surface area contributed by atoms with Crippen molar-refractivity contribution in [3.8, 4) is 0 Å². The number of nitrogens with zero attached hydrogens (tertiary/aromatic N) is 4. The van der Waals surface area contributed by atoms with Crippen LogP contribution in [-0.2, 0) is 9.47 Å². The number of benzene rings is 1. The summed E-state index contributed by atoms with van der Waals surface area (Å²) in [6, 6.07) is 7.06. The fourth-order valence-corrected chi connectivity index (χ4v) is 4.31. The molecule has 2 heterocycles. The Morgan fingerprint density at radius 1 is 1.16 bits per heavy atom. The van der Waals surface area contributed by atoms with Gasteiger partial charge in [-0.15, -0.1) is 24.0 Å². The Kier molecular flexibility index (Phi) is 12.6. The minimum absolute atomic E-state index is 0. The molecule has 2 saturated heterocycles. The zero-order valence-corrected chi connectivity index (χ0v) is 21.8. The van der Waals surface area contributed by atoms with Gasteiger partial charge in [-0.2, -0.15) is 0 Å². The first-order chi connectivity index (χ1) is 15.2. The first-order valence-corrected chi connectivity index (χ1v) is 11.5. The van der Waals surface area contributed by atoms with Crippen molar-refractivity contribution in [2.24, 2.45) is 10.9 Å². The van der Waals surface area contributed by atoms with Crippen LogP contribution in [-0.4, -0.2) is 102 Å². The summed E-state index contributed by atoms with van der Waals surface area (Å²) in [6.07, 6.45) is 2.20. The van der Waals surface area contributed by atoms with Gasteiger partial charge >= 0.3 is 0 Å². The molecule has 0 saturated carbocycles. The van der Waals surface area contributed by atoms with Crippen LogP contribution in [0.4, 0.5) is 10.1 Å². The average molecular weight is 564 g/mol. The summed E-state index contributed by atoms with van der Waals surface area (Å²) in [5.41, 5.74) is 0.723. The van der Waals surface area contributed by atoms with Gasteiger partial charge in [-0.25, -0.2) is 4.39 Å². The molecule has 0 amide bonds. The number of rotatable bonds is 10. The molecular weight excluding hydrogens is 524 g/mol. The fourth-order valence-electron chi connectivity index (χ4n) is 4.31. The molecule has 0 spiro atoms. The molecule has 7 nitrogen and oxygen atoms in total. The Hall–Kier alpha value is -1.17. The van der Waals surface area contributed by atoms with Gasteiger partial charge in [-0.1, -0.05) is 12.1 Å². The summed E-state index contributed by atoms with van der Waals surface area (Å²) in [7, 11) is 3.55. The predicted molar refractivity (Wildman–Crippen MR) is 139 cm³/mol. The SMILES string of the molecule is CN=C(NCCCN1CCN(c2ccccc2F)CC1)N1CCC(COCCOC)C1.I. The Morgan fingerprint density at radius 2 is 1.94 bits per heavy atom. The van der Waals surface area contributed by atoms with Crippen molar-refractivity contribution in [3.63, 3.8) is 0 Å². The second kappa shape index (κ2) is 14.9. The van der Waals surface area contributed by atoms with Crippen molar-refractivity contribution in [2.45, 2.75) is 12.8 Å². The minimum Gasteiger partial charge on any atom is -0.382 e. The van der Waals surface area contributed by atoms with E-state index in [2.05, 4.69) is 25.0 Å². The average Bonchev–Trinajstić information content (AvgIpc) is 3.26. The number of nitrogens with one attached hydrogen (secondary N) is 1. The highest BCUT2D eigenvalue weighted by molar-refractivity contribution is 14.0. The molecule has 0 bridgehead atoms. The summed E-state index contributed by atoms with van der Waals surface area (Å²) in [5, 5.41) is 3.52. The molecule has 1 aromatic carbocycles. The Morgan fingerprint density at radius 3 is 2.66 bits per heavy atom. The highest BCUT2D eigenvalue weighted by Crippen LogP contribution is 2.20. The number of hydrogen-bond acceptors (Lipinski definition) is 5. The van der Waals surface area contributed by atoms with E-state index in [-0.39, 0.29) is 29.8 Å². The molecule has 1 atom stereocenters. The Labute approximate surface area is 209 Å². The van der Waals surface area contributed by atoms with Crippen molar-refractivity contribution in [1.82, 2.24) is 15.1 Å². The molecule has 0 aromatic heterocycles. The van der Waals surface area contributed by atoms with E-state index < -0.39 is 0 Å². The number of aliphatic imine (C=N–C) groups is 1. The number of hydrogen-bond donors (Lipinski definition) is 1. The molecule has 1 N–H and O–H groups in total. The number of likely N-dealkylation sites (tertiary alicyclic amines) is 1. The lowest BCUT2D eigenvalue weighted by molar-refractivity contribution is 0.0536.